The molecule has 1 N–H and O–H groups in total. The molecule has 2 aromatic rings. The average molecular weight is 251 g/mol. The van der Waals surface area contributed by atoms with Crippen molar-refractivity contribution in [3.63, 3.8) is 0 Å². The smallest absolute Gasteiger partial charge is 0.262 e. The lowest BCUT2D eigenvalue weighted by Crippen LogP contribution is -2.20. The number of fused-ring (bicyclic) bond motifs is 1. The number of benzene rings is 2. The number of para-hydroxylation sites is 1. The van der Waals surface area contributed by atoms with Gasteiger partial charge in [0.1, 0.15) is 5.76 Å². The first-order chi connectivity index (χ1) is 9.20. The van der Waals surface area contributed by atoms with Crippen LogP contribution in [0.1, 0.15) is 11.1 Å². The monoisotopic (exact) mass is 251 g/mol. The first-order valence-electron chi connectivity index (χ1n) is 6.06. The zero-order valence-electron chi connectivity index (χ0n) is 10.5. The Morgan fingerprint density at radius 2 is 1.63 bits per heavy atom. The summed E-state index contributed by atoms with van der Waals surface area (Å²) in [5, 5.41) is 10.4. The number of rotatable bonds is 1. The zero-order valence-corrected chi connectivity index (χ0v) is 10.5. The van der Waals surface area contributed by atoms with E-state index in [1.165, 1.54) is 0 Å². The fraction of sp³-hybridized carbons (Fsp3) is 0.0625. The van der Waals surface area contributed by atoms with Gasteiger partial charge in [0.05, 0.1) is 11.3 Å². The molecule has 1 aliphatic rings. The number of carbonyl (C=O) groups is 1. The van der Waals surface area contributed by atoms with Crippen LogP contribution < -0.4 is 4.90 Å². The maximum atomic E-state index is 12.3. The fourth-order valence-electron chi connectivity index (χ4n) is 2.34. The summed E-state index contributed by atoms with van der Waals surface area (Å²) >= 11 is 0. The number of amides is 1. The Balaban J connectivity index is 2.23. The molecular weight excluding hydrogens is 238 g/mol. The summed E-state index contributed by atoms with van der Waals surface area (Å²) in [6.07, 6.45) is 0. The van der Waals surface area contributed by atoms with Gasteiger partial charge in [0.25, 0.3) is 5.91 Å². The van der Waals surface area contributed by atoms with Gasteiger partial charge in [0, 0.05) is 18.2 Å². The number of aliphatic hydroxyl groups excluding tert-OH is 1. The molecule has 2 aromatic carbocycles. The summed E-state index contributed by atoms with van der Waals surface area (Å²) in [7, 11) is 1.71. The van der Waals surface area contributed by atoms with Gasteiger partial charge in [-0.1, -0.05) is 48.5 Å². The van der Waals surface area contributed by atoms with Crippen LogP contribution in [0.2, 0.25) is 0 Å². The van der Waals surface area contributed by atoms with E-state index in [4.69, 9.17) is 0 Å². The maximum absolute atomic E-state index is 12.3. The summed E-state index contributed by atoms with van der Waals surface area (Å²) < 4.78 is 0. The summed E-state index contributed by atoms with van der Waals surface area (Å²) in [6.45, 7) is 0. The van der Waals surface area contributed by atoms with E-state index in [1.54, 1.807) is 24.1 Å². The van der Waals surface area contributed by atoms with Gasteiger partial charge < -0.3 is 10.0 Å². The average Bonchev–Trinajstić information content (AvgIpc) is 2.72. The van der Waals surface area contributed by atoms with Crippen molar-refractivity contribution in [3.8, 4) is 0 Å². The van der Waals surface area contributed by atoms with Gasteiger partial charge in [0.2, 0.25) is 0 Å². The van der Waals surface area contributed by atoms with Crippen molar-refractivity contribution in [1.82, 2.24) is 0 Å². The van der Waals surface area contributed by atoms with Gasteiger partial charge in [-0.15, -0.1) is 0 Å². The van der Waals surface area contributed by atoms with E-state index < -0.39 is 0 Å². The van der Waals surface area contributed by atoms with E-state index in [-0.39, 0.29) is 11.7 Å². The lowest BCUT2D eigenvalue weighted by Gasteiger charge is -2.08. The Kier molecular flexibility index (Phi) is 2.60. The molecule has 0 saturated heterocycles. The van der Waals surface area contributed by atoms with Crippen LogP contribution in [0.3, 0.4) is 0 Å². The number of aliphatic hydroxyl groups is 1. The third-order valence-electron chi connectivity index (χ3n) is 3.34. The molecule has 19 heavy (non-hydrogen) atoms. The molecule has 0 bridgehead atoms. The van der Waals surface area contributed by atoms with Gasteiger partial charge in [-0.2, -0.15) is 0 Å². The minimum Gasteiger partial charge on any atom is -0.506 e. The number of hydrogen-bond acceptors (Lipinski definition) is 2. The van der Waals surface area contributed by atoms with E-state index >= 15 is 0 Å². The second-order valence-electron chi connectivity index (χ2n) is 4.47. The van der Waals surface area contributed by atoms with Crippen LogP contribution in [0.15, 0.2) is 54.6 Å². The number of anilines is 1. The standard InChI is InChI=1S/C16H13NO2/c1-17-13-10-6-5-9-12(13)14(16(17)19)15(18)11-7-3-2-4-8-11/h2-10,18H,1H3/b15-14+. The lowest BCUT2D eigenvalue weighted by molar-refractivity contribution is -0.112. The summed E-state index contributed by atoms with van der Waals surface area (Å²) in [5.41, 5.74) is 2.61. The number of hydrogen-bond donors (Lipinski definition) is 1. The summed E-state index contributed by atoms with van der Waals surface area (Å²) in [4.78, 5) is 13.8. The van der Waals surface area contributed by atoms with Crippen LogP contribution in [-0.4, -0.2) is 18.1 Å². The second kappa shape index (κ2) is 4.28. The third-order valence-corrected chi connectivity index (χ3v) is 3.34. The Morgan fingerprint density at radius 1 is 1.00 bits per heavy atom. The summed E-state index contributed by atoms with van der Waals surface area (Å²) in [5.74, 6) is -0.148. The normalized spacial score (nSPS) is 16.5. The van der Waals surface area contributed by atoms with Crippen molar-refractivity contribution in [2.75, 3.05) is 11.9 Å². The highest BCUT2D eigenvalue weighted by atomic mass is 16.3. The lowest BCUT2D eigenvalue weighted by atomic mass is 10.0. The topological polar surface area (TPSA) is 40.5 Å². The van der Waals surface area contributed by atoms with Crippen LogP contribution in [-0.2, 0) is 4.79 Å². The van der Waals surface area contributed by atoms with Crippen molar-refractivity contribution >= 4 is 22.9 Å². The molecule has 0 aliphatic carbocycles. The largest absolute Gasteiger partial charge is 0.506 e. The first-order valence-corrected chi connectivity index (χ1v) is 6.06. The van der Waals surface area contributed by atoms with Crippen LogP contribution in [0, 0.1) is 0 Å². The predicted molar refractivity (Wildman–Crippen MR) is 75.7 cm³/mol. The van der Waals surface area contributed by atoms with E-state index in [0.717, 1.165) is 11.3 Å². The van der Waals surface area contributed by atoms with Crippen molar-refractivity contribution in [2.24, 2.45) is 0 Å². The molecule has 1 aliphatic heterocycles. The molecule has 3 nitrogen and oxygen atoms in total. The van der Waals surface area contributed by atoms with Gasteiger partial charge >= 0.3 is 0 Å². The maximum Gasteiger partial charge on any atom is 0.262 e. The van der Waals surface area contributed by atoms with Crippen molar-refractivity contribution in [1.29, 1.82) is 0 Å². The molecule has 0 atom stereocenters. The molecule has 1 heterocycles. The minimum absolute atomic E-state index is 0.0300. The van der Waals surface area contributed by atoms with Gasteiger partial charge in [-0.3, -0.25) is 4.79 Å². The number of likely N-dealkylation sites (N-methyl/N-ethyl adjacent to an activating group) is 1. The van der Waals surface area contributed by atoms with Crippen molar-refractivity contribution in [2.45, 2.75) is 0 Å². The Hall–Kier alpha value is -2.55. The van der Waals surface area contributed by atoms with Gasteiger partial charge in [0.15, 0.2) is 0 Å². The highest BCUT2D eigenvalue weighted by Gasteiger charge is 2.32. The number of nitrogens with zero attached hydrogens (tertiary/aromatic N) is 1. The van der Waals surface area contributed by atoms with E-state index in [2.05, 4.69) is 0 Å². The fourth-order valence-corrected chi connectivity index (χ4v) is 2.34. The molecule has 0 saturated carbocycles. The van der Waals surface area contributed by atoms with E-state index in [0.29, 0.717) is 11.1 Å². The quantitative estimate of drug-likeness (QED) is 0.625. The predicted octanol–water partition coefficient (Wildman–Crippen LogP) is 3.09. The molecule has 94 valence electrons. The molecule has 1 amide bonds. The van der Waals surface area contributed by atoms with Crippen molar-refractivity contribution < 1.29 is 9.90 Å². The van der Waals surface area contributed by atoms with Crippen molar-refractivity contribution in [3.05, 3.63) is 65.7 Å². The highest BCUT2D eigenvalue weighted by molar-refractivity contribution is 6.36. The minimum atomic E-state index is -0.178. The molecule has 3 heteroatoms. The van der Waals surface area contributed by atoms with Crippen LogP contribution >= 0.6 is 0 Å². The van der Waals surface area contributed by atoms with E-state index in [1.807, 2.05) is 42.5 Å². The molecule has 0 unspecified atom stereocenters. The molecule has 0 radical (unpaired) electrons. The first kappa shape index (κ1) is 11.5. The molecular formula is C16H13NO2. The molecule has 0 spiro atoms. The SMILES string of the molecule is CN1C(=O)/C(=C(/O)c2ccccc2)c2ccccc21. The zero-order chi connectivity index (χ0) is 13.4. The molecule has 3 rings (SSSR count). The summed E-state index contributed by atoms with van der Waals surface area (Å²) in [6, 6.07) is 16.6. The molecule has 0 aromatic heterocycles. The molecule has 0 fully saturated rings. The third kappa shape index (κ3) is 1.71. The van der Waals surface area contributed by atoms with Crippen LogP contribution in [0.5, 0.6) is 0 Å². The Bertz CT molecular complexity index is 674. The van der Waals surface area contributed by atoms with Crippen LogP contribution in [0.25, 0.3) is 11.3 Å². The van der Waals surface area contributed by atoms with Gasteiger partial charge in [-0.05, 0) is 6.07 Å². The van der Waals surface area contributed by atoms with Gasteiger partial charge in [-0.25, -0.2) is 0 Å². The second-order valence-corrected chi connectivity index (χ2v) is 4.47. The van der Waals surface area contributed by atoms with Crippen LogP contribution in [0.4, 0.5) is 5.69 Å². The Labute approximate surface area is 111 Å². The van der Waals surface area contributed by atoms with E-state index in [9.17, 15) is 9.90 Å². The highest BCUT2D eigenvalue weighted by Crippen LogP contribution is 2.38. The number of carbonyl (C=O) groups excluding carboxylic acids is 1. The Morgan fingerprint density at radius 3 is 2.37 bits per heavy atom.